The molecule has 0 radical (unpaired) electrons. The van der Waals surface area contributed by atoms with Crippen LogP contribution in [0.3, 0.4) is 0 Å². The molecule has 0 saturated heterocycles. The Balaban J connectivity index is 1.64. The molecule has 1 aromatic carbocycles. The molecule has 1 aromatic heterocycles. The fourth-order valence-electron chi connectivity index (χ4n) is 2.93. The summed E-state index contributed by atoms with van der Waals surface area (Å²) in [6, 6.07) is 11.7. The molecule has 1 fully saturated rings. The van der Waals surface area contributed by atoms with Gasteiger partial charge in [-0.25, -0.2) is 0 Å². The number of carbonyl (C=O) groups is 1. The first-order valence-electron chi connectivity index (χ1n) is 8.51. The first-order chi connectivity index (χ1) is 11.7. The van der Waals surface area contributed by atoms with E-state index in [-0.39, 0.29) is 5.91 Å². The van der Waals surface area contributed by atoms with E-state index in [0.29, 0.717) is 18.3 Å². The topological polar surface area (TPSA) is 63.2 Å². The Kier molecular flexibility index (Phi) is 5.31. The fourth-order valence-corrected chi connectivity index (χ4v) is 2.93. The van der Waals surface area contributed by atoms with Gasteiger partial charge in [0.2, 0.25) is 0 Å². The van der Waals surface area contributed by atoms with E-state index in [1.165, 1.54) is 12.8 Å². The Morgan fingerprint density at radius 2 is 1.92 bits per heavy atom. The van der Waals surface area contributed by atoms with Crippen LogP contribution in [0.25, 0.3) is 0 Å². The van der Waals surface area contributed by atoms with Crippen LogP contribution in [0.5, 0.6) is 5.75 Å². The molecule has 1 saturated carbocycles. The number of pyridine rings is 1. The highest BCUT2D eigenvalue weighted by Gasteiger charge is 2.18. The second-order valence-corrected chi connectivity index (χ2v) is 5.97. The highest BCUT2D eigenvalue weighted by molar-refractivity contribution is 5.93. The number of nitrogens with one attached hydrogen (secondary N) is 2. The number of hydrogen-bond acceptors (Lipinski definition) is 4. The minimum Gasteiger partial charge on any atom is -0.494 e. The van der Waals surface area contributed by atoms with Crippen molar-refractivity contribution >= 4 is 17.3 Å². The van der Waals surface area contributed by atoms with Crippen LogP contribution in [0.2, 0.25) is 0 Å². The molecular weight excluding hydrogens is 302 g/mol. The number of rotatable bonds is 6. The van der Waals surface area contributed by atoms with Crippen LogP contribution in [0.4, 0.5) is 11.4 Å². The molecule has 0 bridgehead atoms. The predicted molar refractivity (Wildman–Crippen MR) is 94.9 cm³/mol. The van der Waals surface area contributed by atoms with Gasteiger partial charge in [-0.3, -0.25) is 9.78 Å². The third-order valence-electron chi connectivity index (χ3n) is 4.14. The highest BCUT2D eigenvalue weighted by Crippen LogP contribution is 2.21. The van der Waals surface area contributed by atoms with Crippen molar-refractivity contribution in [3.63, 3.8) is 0 Å². The number of hydrogen-bond donors (Lipinski definition) is 2. The molecule has 1 aliphatic carbocycles. The van der Waals surface area contributed by atoms with Gasteiger partial charge in [0.1, 0.15) is 11.4 Å². The Morgan fingerprint density at radius 3 is 2.62 bits per heavy atom. The van der Waals surface area contributed by atoms with E-state index in [1.807, 2.05) is 37.3 Å². The predicted octanol–water partition coefficient (Wildman–Crippen LogP) is 3.90. The quantitative estimate of drug-likeness (QED) is 0.845. The van der Waals surface area contributed by atoms with Gasteiger partial charge in [0.15, 0.2) is 0 Å². The zero-order chi connectivity index (χ0) is 16.8. The zero-order valence-corrected chi connectivity index (χ0v) is 13.9. The maximum absolute atomic E-state index is 12.3. The molecule has 2 aromatic rings. The third-order valence-corrected chi connectivity index (χ3v) is 4.14. The van der Waals surface area contributed by atoms with Crippen molar-refractivity contribution in [1.82, 2.24) is 10.3 Å². The molecule has 5 heteroatoms. The monoisotopic (exact) mass is 325 g/mol. The summed E-state index contributed by atoms with van der Waals surface area (Å²) in [7, 11) is 0. The molecule has 24 heavy (non-hydrogen) atoms. The largest absolute Gasteiger partial charge is 0.494 e. The summed E-state index contributed by atoms with van der Waals surface area (Å²) in [4.78, 5) is 16.5. The van der Waals surface area contributed by atoms with Gasteiger partial charge in [0.05, 0.1) is 6.61 Å². The number of nitrogens with zero attached hydrogens (tertiary/aromatic N) is 1. The smallest absolute Gasteiger partial charge is 0.270 e. The molecule has 126 valence electrons. The van der Waals surface area contributed by atoms with Crippen molar-refractivity contribution in [3.8, 4) is 5.75 Å². The van der Waals surface area contributed by atoms with Gasteiger partial charge >= 0.3 is 0 Å². The number of anilines is 2. The van der Waals surface area contributed by atoms with E-state index in [1.54, 1.807) is 12.3 Å². The number of benzene rings is 1. The van der Waals surface area contributed by atoms with Crippen molar-refractivity contribution in [1.29, 1.82) is 0 Å². The van der Waals surface area contributed by atoms with E-state index in [2.05, 4.69) is 15.6 Å². The van der Waals surface area contributed by atoms with E-state index >= 15 is 0 Å². The number of ether oxygens (including phenoxy) is 1. The first-order valence-corrected chi connectivity index (χ1v) is 8.51. The highest BCUT2D eigenvalue weighted by atomic mass is 16.5. The Hall–Kier alpha value is -2.56. The maximum Gasteiger partial charge on any atom is 0.270 e. The number of amides is 1. The standard InChI is InChI=1S/C19H23N3O2/c1-2-24-17-9-7-15(8-10-17)21-16-11-12-20-18(13-16)19(23)22-14-5-3-4-6-14/h7-14H,2-6H2,1H3,(H,20,21)(H,22,23). The van der Waals surface area contributed by atoms with Gasteiger partial charge in [-0.05, 0) is 56.2 Å². The Bertz CT molecular complexity index is 679. The number of aromatic nitrogens is 1. The van der Waals surface area contributed by atoms with Crippen LogP contribution < -0.4 is 15.4 Å². The third kappa shape index (κ3) is 4.25. The lowest BCUT2D eigenvalue weighted by atomic mass is 10.2. The molecule has 1 heterocycles. The number of carbonyl (C=O) groups excluding carboxylic acids is 1. The van der Waals surface area contributed by atoms with Crippen LogP contribution >= 0.6 is 0 Å². The average Bonchev–Trinajstić information content (AvgIpc) is 3.10. The molecule has 2 N–H and O–H groups in total. The van der Waals surface area contributed by atoms with Crippen LogP contribution in [0, 0.1) is 0 Å². The molecule has 1 amide bonds. The molecule has 0 unspecified atom stereocenters. The van der Waals surface area contributed by atoms with E-state index in [0.717, 1.165) is 30.0 Å². The molecule has 0 aliphatic heterocycles. The lowest BCUT2D eigenvalue weighted by molar-refractivity contribution is 0.0933. The lowest BCUT2D eigenvalue weighted by Gasteiger charge is -2.12. The van der Waals surface area contributed by atoms with Crippen molar-refractivity contribution in [2.24, 2.45) is 0 Å². The van der Waals surface area contributed by atoms with E-state index in [9.17, 15) is 4.79 Å². The minimum absolute atomic E-state index is 0.0998. The van der Waals surface area contributed by atoms with Crippen molar-refractivity contribution in [2.45, 2.75) is 38.6 Å². The summed E-state index contributed by atoms with van der Waals surface area (Å²) in [6.45, 7) is 2.61. The minimum atomic E-state index is -0.0998. The van der Waals surface area contributed by atoms with E-state index < -0.39 is 0 Å². The summed E-state index contributed by atoms with van der Waals surface area (Å²) in [5, 5.41) is 6.35. The molecule has 0 spiro atoms. The Morgan fingerprint density at radius 1 is 1.17 bits per heavy atom. The van der Waals surface area contributed by atoms with Gasteiger partial charge < -0.3 is 15.4 Å². The molecule has 1 aliphatic rings. The van der Waals surface area contributed by atoms with E-state index in [4.69, 9.17) is 4.74 Å². The normalized spacial score (nSPS) is 14.4. The van der Waals surface area contributed by atoms with Gasteiger partial charge in [0.25, 0.3) is 5.91 Å². The van der Waals surface area contributed by atoms with Crippen LogP contribution in [-0.2, 0) is 0 Å². The fraction of sp³-hybridized carbons (Fsp3) is 0.368. The molecule has 3 rings (SSSR count). The summed E-state index contributed by atoms with van der Waals surface area (Å²) < 4.78 is 5.43. The van der Waals surface area contributed by atoms with Gasteiger partial charge in [-0.15, -0.1) is 0 Å². The van der Waals surface area contributed by atoms with Crippen LogP contribution in [0.15, 0.2) is 42.6 Å². The van der Waals surface area contributed by atoms with Crippen LogP contribution in [0.1, 0.15) is 43.1 Å². The first kappa shape index (κ1) is 16.3. The summed E-state index contributed by atoms with van der Waals surface area (Å²) >= 11 is 0. The Labute approximate surface area is 142 Å². The summed E-state index contributed by atoms with van der Waals surface area (Å²) in [6.07, 6.45) is 6.17. The molecule has 0 atom stereocenters. The average molecular weight is 325 g/mol. The lowest BCUT2D eigenvalue weighted by Crippen LogP contribution is -2.33. The van der Waals surface area contributed by atoms with Gasteiger partial charge in [-0.1, -0.05) is 12.8 Å². The zero-order valence-electron chi connectivity index (χ0n) is 13.9. The van der Waals surface area contributed by atoms with Crippen LogP contribution in [-0.4, -0.2) is 23.5 Å². The van der Waals surface area contributed by atoms with Gasteiger partial charge in [0, 0.05) is 23.6 Å². The van der Waals surface area contributed by atoms with Crippen molar-refractivity contribution in [3.05, 3.63) is 48.3 Å². The van der Waals surface area contributed by atoms with Crippen molar-refractivity contribution in [2.75, 3.05) is 11.9 Å². The maximum atomic E-state index is 12.3. The molecule has 5 nitrogen and oxygen atoms in total. The SMILES string of the molecule is CCOc1ccc(Nc2ccnc(C(=O)NC3CCCC3)c2)cc1. The summed E-state index contributed by atoms with van der Waals surface area (Å²) in [5.74, 6) is 0.742. The summed E-state index contributed by atoms with van der Waals surface area (Å²) in [5.41, 5.74) is 2.22. The van der Waals surface area contributed by atoms with Crippen molar-refractivity contribution < 1.29 is 9.53 Å². The van der Waals surface area contributed by atoms with Gasteiger partial charge in [-0.2, -0.15) is 0 Å². The second kappa shape index (κ2) is 7.81. The molecular formula is C19H23N3O2. The second-order valence-electron chi connectivity index (χ2n) is 5.97.